The van der Waals surface area contributed by atoms with Crippen LogP contribution in [0.1, 0.15) is 24.9 Å². The molecule has 3 nitrogen and oxygen atoms in total. The first-order valence-corrected chi connectivity index (χ1v) is 4.31. The van der Waals surface area contributed by atoms with Gasteiger partial charge in [-0.05, 0) is 12.5 Å². The number of nitrogens with two attached hydrogens (primary N) is 1. The van der Waals surface area contributed by atoms with Crippen molar-refractivity contribution in [1.82, 2.24) is 0 Å². The highest BCUT2D eigenvalue weighted by atomic mass is 16.5. The lowest BCUT2D eigenvalue weighted by Gasteiger charge is -2.11. The molecule has 3 heteroatoms. The molecule has 0 fully saturated rings. The van der Waals surface area contributed by atoms with Crippen LogP contribution in [0.15, 0.2) is 18.2 Å². The molecule has 1 aromatic carbocycles. The molecule has 0 aliphatic heterocycles. The molecule has 0 amide bonds. The second kappa shape index (κ2) is 4.14. The molecule has 0 spiro atoms. The second-order valence-electron chi connectivity index (χ2n) is 2.94. The maximum atomic E-state index is 9.56. The summed E-state index contributed by atoms with van der Waals surface area (Å²) < 4.78 is 4.96. The lowest BCUT2D eigenvalue weighted by atomic mass is 10.0. The van der Waals surface area contributed by atoms with Gasteiger partial charge in [0.2, 0.25) is 0 Å². The molecule has 0 bridgehead atoms. The van der Waals surface area contributed by atoms with E-state index < -0.39 is 0 Å². The Morgan fingerprint density at radius 1 is 1.54 bits per heavy atom. The van der Waals surface area contributed by atoms with Crippen LogP contribution in [0.5, 0.6) is 11.5 Å². The van der Waals surface area contributed by atoms with Crippen LogP contribution >= 0.6 is 0 Å². The largest absolute Gasteiger partial charge is 0.507 e. The van der Waals surface area contributed by atoms with Crippen molar-refractivity contribution in [2.45, 2.75) is 19.4 Å². The van der Waals surface area contributed by atoms with E-state index >= 15 is 0 Å². The molecule has 0 saturated carbocycles. The first-order chi connectivity index (χ1) is 6.19. The van der Waals surface area contributed by atoms with Crippen LogP contribution in [-0.4, -0.2) is 12.2 Å². The quantitative estimate of drug-likeness (QED) is 0.747. The van der Waals surface area contributed by atoms with Crippen LogP contribution in [0.3, 0.4) is 0 Å². The van der Waals surface area contributed by atoms with Crippen LogP contribution in [0.25, 0.3) is 0 Å². The second-order valence-corrected chi connectivity index (χ2v) is 2.94. The van der Waals surface area contributed by atoms with Crippen LogP contribution in [0.4, 0.5) is 0 Å². The van der Waals surface area contributed by atoms with Gasteiger partial charge in [0, 0.05) is 17.7 Å². The van der Waals surface area contributed by atoms with Crippen molar-refractivity contribution in [3.05, 3.63) is 23.8 Å². The van der Waals surface area contributed by atoms with Gasteiger partial charge in [0.25, 0.3) is 0 Å². The third-order valence-electron chi connectivity index (χ3n) is 2.08. The van der Waals surface area contributed by atoms with E-state index in [9.17, 15) is 5.11 Å². The Morgan fingerprint density at radius 3 is 2.69 bits per heavy atom. The van der Waals surface area contributed by atoms with E-state index in [2.05, 4.69) is 0 Å². The number of ether oxygens (including phenoxy) is 1. The van der Waals surface area contributed by atoms with Crippen LogP contribution in [0, 0.1) is 0 Å². The Bertz CT molecular complexity index is 286. The molecule has 0 aromatic heterocycles. The maximum absolute atomic E-state index is 9.56. The van der Waals surface area contributed by atoms with Gasteiger partial charge in [-0.15, -0.1) is 0 Å². The molecule has 0 saturated heterocycles. The van der Waals surface area contributed by atoms with Crippen LogP contribution in [-0.2, 0) is 0 Å². The number of phenolic OH excluding ortho intramolecular Hbond substituents is 1. The number of aromatic hydroxyl groups is 1. The standard InChI is InChI=1S/C10H15NO2/c1-3-9(11)8-5-4-7(13-2)6-10(8)12/h4-6,9,12H,3,11H2,1-2H3/t9-/m1/s1. The van der Waals surface area contributed by atoms with Gasteiger partial charge in [-0.2, -0.15) is 0 Å². The van der Waals surface area contributed by atoms with Crippen molar-refractivity contribution in [1.29, 1.82) is 0 Å². The fraction of sp³-hybridized carbons (Fsp3) is 0.400. The summed E-state index contributed by atoms with van der Waals surface area (Å²) in [5, 5.41) is 9.56. The number of benzene rings is 1. The van der Waals surface area contributed by atoms with Crippen LogP contribution < -0.4 is 10.5 Å². The fourth-order valence-electron chi connectivity index (χ4n) is 1.18. The summed E-state index contributed by atoms with van der Waals surface area (Å²) in [6.45, 7) is 1.98. The van der Waals surface area contributed by atoms with E-state index in [0.29, 0.717) is 5.75 Å². The molecule has 0 aliphatic carbocycles. The van der Waals surface area contributed by atoms with Gasteiger partial charge in [-0.1, -0.05) is 13.0 Å². The molecular weight excluding hydrogens is 166 g/mol. The van der Waals surface area contributed by atoms with Gasteiger partial charge in [-0.3, -0.25) is 0 Å². The Kier molecular flexibility index (Phi) is 3.14. The van der Waals surface area contributed by atoms with E-state index in [0.717, 1.165) is 12.0 Å². The predicted octanol–water partition coefficient (Wildman–Crippen LogP) is 1.81. The summed E-state index contributed by atoms with van der Waals surface area (Å²) in [6.07, 6.45) is 0.805. The minimum atomic E-state index is -0.106. The molecule has 3 N–H and O–H groups in total. The topological polar surface area (TPSA) is 55.5 Å². The van der Waals surface area contributed by atoms with E-state index in [4.69, 9.17) is 10.5 Å². The molecular formula is C10H15NO2. The summed E-state index contributed by atoms with van der Waals surface area (Å²) in [7, 11) is 1.56. The minimum absolute atomic E-state index is 0.106. The van der Waals surface area contributed by atoms with Gasteiger partial charge in [0.15, 0.2) is 0 Å². The van der Waals surface area contributed by atoms with Crippen molar-refractivity contribution in [2.24, 2.45) is 5.73 Å². The number of methoxy groups -OCH3 is 1. The average Bonchev–Trinajstić information content (AvgIpc) is 2.16. The highest BCUT2D eigenvalue weighted by molar-refractivity contribution is 5.41. The molecule has 0 radical (unpaired) electrons. The Balaban J connectivity index is 2.98. The summed E-state index contributed by atoms with van der Waals surface area (Å²) in [4.78, 5) is 0. The summed E-state index contributed by atoms with van der Waals surface area (Å²) in [5.41, 5.74) is 6.55. The van der Waals surface area contributed by atoms with Crippen molar-refractivity contribution in [3.8, 4) is 11.5 Å². The first kappa shape index (κ1) is 9.86. The van der Waals surface area contributed by atoms with Gasteiger partial charge in [-0.25, -0.2) is 0 Å². The third kappa shape index (κ3) is 2.12. The average molecular weight is 181 g/mol. The third-order valence-corrected chi connectivity index (χ3v) is 2.08. The van der Waals surface area contributed by atoms with E-state index in [-0.39, 0.29) is 11.8 Å². The summed E-state index contributed by atoms with van der Waals surface area (Å²) in [5.74, 6) is 0.846. The number of hydrogen-bond acceptors (Lipinski definition) is 3. The zero-order chi connectivity index (χ0) is 9.84. The first-order valence-electron chi connectivity index (χ1n) is 4.31. The minimum Gasteiger partial charge on any atom is -0.507 e. The van der Waals surface area contributed by atoms with E-state index in [1.807, 2.05) is 6.92 Å². The molecule has 0 aliphatic rings. The number of phenols is 1. The lowest BCUT2D eigenvalue weighted by Crippen LogP contribution is -2.08. The van der Waals surface area contributed by atoms with Crippen molar-refractivity contribution >= 4 is 0 Å². The zero-order valence-corrected chi connectivity index (χ0v) is 7.95. The summed E-state index contributed by atoms with van der Waals surface area (Å²) >= 11 is 0. The fourth-order valence-corrected chi connectivity index (χ4v) is 1.18. The van der Waals surface area contributed by atoms with Crippen molar-refractivity contribution in [2.75, 3.05) is 7.11 Å². The van der Waals surface area contributed by atoms with Gasteiger partial charge < -0.3 is 15.6 Å². The molecule has 1 aromatic rings. The Morgan fingerprint density at radius 2 is 2.23 bits per heavy atom. The molecule has 13 heavy (non-hydrogen) atoms. The lowest BCUT2D eigenvalue weighted by molar-refractivity contribution is 0.405. The molecule has 72 valence electrons. The van der Waals surface area contributed by atoms with Crippen molar-refractivity contribution in [3.63, 3.8) is 0 Å². The predicted molar refractivity (Wildman–Crippen MR) is 51.9 cm³/mol. The normalized spacial score (nSPS) is 12.5. The molecule has 0 unspecified atom stereocenters. The number of rotatable bonds is 3. The Hall–Kier alpha value is -1.22. The summed E-state index contributed by atoms with van der Waals surface area (Å²) in [6, 6.07) is 5.06. The smallest absolute Gasteiger partial charge is 0.124 e. The van der Waals surface area contributed by atoms with Crippen LogP contribution in [0.2, 0.25) is 0 Å². The van der Waals surface area contributed by atoms with Gasteiger partial charge >= 0.3 is 0 Å². The highest BCUT2D eigenvalue weighted by Gasteiger charge is 2.09. The Labute approximate surface area is 78.1 Å². The monoisotopic (exact) mass is 181 g/mol. The van der Waals surface area contributed by atoms with Gasteiger partial charge in [0.1, 0.15) is 11.5 Å². The number of hydrogen-bond donors (Lipinski definition) is 2. The zero-order valence-electron chi connectivity index (χ0n) is 7.95. The van der Waals surface area contributed by atoms with E-state index in [1.165, 1.54) is 0 Å². The maximum Gasteiger partial charge on any atom is 0.124 e. The van der Waals surface area contributed by atoms with Crippen molar-refractivity contribution < 1.29 is 9.84 Å². The SMILES string of the molecule is CC[C@@H](N)c1ccc(OC)cc1O. The molecule has 0 heterocycles. The highest BCUT2D eigenvalue weighted by Crippen LogP contribution is 2.28. The molecule has 1 atom stereocenters. The molecule has 1 rings (SSSR count). The van der Waals surface area contributed by atoms with Gasteiger partial charge in [0.05, 0.1) is 7.11 Å². The van der Waals surface area contributed by atoms with E-state index in [1.54, 1.807) is 25.3 Å².